The molecular weight excluding hydrogens is 200 g/mol. The number of aliphatic carboxylic acids is 1. The molecule has 2 rings (SSSR count). The van der Waals surface area contributed by atoms with Gasteiger partial charge < -0.3 is 15.2 Å². The molecule has 1 saturated heterocycles. The van der Waals surface area contributed by atoms with Gasteiger partial charge in [0.05, 0.1) is 24.2 Å². The fourth-order valence-corrected chi connectivity index (χ4v) is 2.52. The van der Waals surface area contributed by atoms with Crippen LogP contribution in [0.4, 0.5) is 0 Å². The summed E-state index contributed by atoms with van der Waals surface area (Å²) in [5.41, 5.74) is 1.83. The van der Waals surface area contributed by atoms with Gasteiger partial charge in [-0.05, 0) is 0 Å². The van der Waals surface area contributed by atoms with Crippen molar-refractivity contribution in [1.82, 2.24) is 4.98 Å². The Morgan fingerprint density at radius 3 is 3.14 bits per heavy atom. The predicted octanol–water partition coefficient (Wildman–Crippen LogP) is -1.47. The molecule has 0 unspecified atom stereocenters. The van der Waals surface area contributed by atoms with E-state index in [-0.39, 0.29) is 0 Å². The van der Waals surface area contributed by atoms with Gasteiger partial charge in [-0.25, -0.2) is 4.98 Å². The zero-order chi connectivity index (χ0) is 10.0. The van der Waals surface area contributed by atoms with Crippen molar-refractivity contribution in [1.29, 1.82) is 0 Å². The van der Waals surface area contributed by atoms with E-state index >= 15 is 0 Å². The third kappa shape index (κ3) is 1.65. The number of thiazole rings is 1. The van der Waals surface area contributed by atoms with Crippen molar-refractivity contribution < 1.29 is 15.2 Å². The molecule has 4 nitrogen and oxygen atoms in total. The van der Waals surface area contributed by atoms with Gasteiger partial charge in [0, 0.05) is 18.2 Å². The van der Waals surface area contributed by atoms with Crippen molar-refractivity contribution >= 4 is 17.3 Å². The second-order valence-electron chi connectivity index (χ2n) is 3.70. The Kier molecular flexibility index (Phi) is 2.52. The Morgan fingerprint density at radius 1 is 1.79 bits per heavy atom. The zero-order valence-corrected chi connectivity index (χ0v) is 8.55. The molecule has 5 heteroatoms. The Labute approximate surface area is 86.0 Å². The summed E-state index contributed by atoms with van der Waals surface area (Å²) < 4.78 is 0. The van der Waals surface area contributed by atoms with Crippen LogP contribution >= 0.6 is 11.3 Å². The van der Waals surface area contributed by atoms with E-state index in [1.165, 1.54) is 11.3 Å². The van der Waals surface area contributed by atoms with Crippen LogP contribution in [0, 0.1) is 0 Å². The number of aromatic nitrogens is 1. The lowest BCUT2D eigenvalue weighted by Crippen LogP contribution is -2.97. The van der Waals surface area contributed by atoms with Crippen molar-refractivity contribution in [3.8, 4) is 0 Å². The largest absolute Gasteiger partial charge is 0.544 e. The highest BCUT2D eigenvalue weighted by molar-refractivity contribution is 7.07. The van der Waals surface area contributed by atoms with Crippen LogP contribution in [-0.4, -0.2) is 23.0 Å². The molecule has 1 aromatic heterocycles. The van der Waals surface area contributed by atoms with Crippen LogP contribution in [0.15, 0.2) is 10.9 Å². The van der Waals surface area contributed by atoms with E-state index in [1.807, 2.05) is 10.7 Å². The lowest BCUT2D eigenvalue weighted by atomic mass is 9.92. The second-order valence-corrected chi connectivity index (χ2v) is 4.42. The summed E-state index contributed by atoms with van der Waals surface area (Å²) in [5.74, 6) is -0.956. The molecule has 1 aliphatic rings. The van der Waals surface area contributed by atoms with E-state index in [0.29, 0.717) is 12.8 Å². The standard InChI is InChI=1S/C9H12N2O2S/c12-8(13)9(2-1-3-11-9)4-7-5-14-6-10-7/h5-6,11H,1-4H2,(H,12,13)/t9-/m0/s1. The van der Waals surface area contributed by atoms with Crippen LogP contribution in [0.1, 0.15) is 18.5 Å². The molecular formula is C9H12N2O2S. The first-order valence-electron chi connectivity index (χ1n) is 4.66. The molecule has 1 aromatic rings. The molecule has 76 valence electrons. The van der Waals surface area contributed by atoms with Crippen LogP contribution in [-0.2, 0) is 11.2 Å². The fraction of sp³-hybridized carbons (Fsp3) is 0.556. The quantitative estimate of drug-likeness (QED) is 0.665. The van der Waals surface area contributed by atoms with Gasteiger partial charge in [-0.1, -0.05) is 0 Å². The Bertz CT molecular complexity index is 318. The molecule has 0 bridgehead atoms. The van der Waals surface area contributed by atoms with Crippen LogP contribution in [0.5, 0.6) is 0 Å². The number of carbonyl (C=O) groups excluding carboxylic acids is 1. The van der Waals surface area contributed by atoms with Gasteiger partial charge in [0.25, 0.3) is 0 Å². The fourth-order valence-electron chi connectivity index (χ4n) is 1.96. The van der Waals surface area contributed by atoms with Crippen LogP contribution < -0.4 is 10.4 Å². The molecule has 1 fully saturated rings. The number of rotatable bonds is 3. The predicted molar refractivity (Wildman–Crippen MR) is 49.6 cm³/mol. The first-order chi connectivity index (χ1) is 6.73. The lowest BCUT2D eigenvalue weighted by Gasteiger charge is -2.25. The van der Waals surface area contributed by atoms with E-state index < -0.39 is 11.5 Å². The van der Waals surface area contributed by atoms with Gasteiger partial charge >= 0.3 is 0 Å². The van der Waals surface area contributed by atoms with Crippen molar-refractivity contribution in [3.63, 3.8) is 0 Å². The Hall–Kier alpha value is -0.940. The highest BCUT2D eigenvalue weighted by Gasteiger charge is 2.40. The topological polar surface area (TPSA) is 69.6 Å². The van der Waals surface area contributed by atoms with Crippen molar-refractivity contribution in [2.45, 2.75) is 24.8 Å². The summed E-state index contributed by atoms with van der Waals surface area (Å²) in [6.45, 7) is 0.873. The van der Waals surface area contributed by atoms with Gasteiger partial charge in [0.2, 0.25) is 0 Å². The van der Waals surface area contributed by atoms with E-state index in [1.54, 1.807) is 5.51 Å². The maximum absolute atomic E-state index is 11.1. The SMILES string of the molecule is O=C([O-])[C@@]1(Cc2cscn2)CCC[NH2+]1. The van der Waals surface area contributed by atoms with Crippen LogP contribution in [0.25, 0.3) is 0 Å². The molecule has 0 amide bonds. The summed E-state index contributed by atoms with van der Waals surface area (Å²) in [7, 11) is 0. The summed E-state index contributed by atoms with van der Waals surface area (Å²) in [6, 6.07) is 0. The molecule has 1 aliphatic heterocycles. The third-order valence-electron chi connectivity index (χ3n) is 2.75. The molecule has 0 radical (unpaired) electrons. The van der Waals surface area contributed by atoms with E-state index in [4.69, 9.17) is 0 Å². The monoisotopic (exact) mass is 212 g/mol. The Morgan fingerprint density at radius 2 is 2.64 bits per heavy atom. The maximum atomic E-state index is 11.1. The Balaban J connectivity index is 2.16. The van der Waals surface area contributed by atoms with E-state index in [0.717, 1.165) is 18.7 Å². The van der Waals surface area contributed by atoms with Crippen molar-refractivity contribution in [2.75, 3.05) is 6.54 Å². The zero-order valence-electron chi connectivity index (χ0n) is 7.73. The minimum atomic E-state index is -0.956. The number of hydrogen-bond donors (Lipinski definition) is 1. The van der Waals surface area contributed by atoms with E-state index in [2.05, 4.69) is 4.98 Å². The molecule has 0 aromatic carbocycles. The minimum absolute atomic E-state index is 0.485. The summed E-state index contributed by atoms with van der Waals surface area (Å²) in [6.07, 6.45) is 2.11. The molecule has 14 heavy (non-hydrogen) atoms. The van der Waals surface area contributed by atoms with Gasteiger partial charge in [-0.2, -0.15) is 0 Å². The average molecular weight is 212 g/mol. The molecule has 2 heterocycles. The minimum Gasteiger partial charge on any atom is -0.544 e. The van der Waals surface area contributed by atoms with Crippen molar-refractivity contribution in [3.05, 3.63) is 16.6 Å². The number of nitrogens with two attached hydrogens (primary N) is 1. The van der Waals surface area contributed by atoms with E-state index in [9.17, 15) is 9.90 Å². The molecule has 0 aliphatic carbocycles. The number of quaternary nitrogens is 1. The number of nitrogens with zero attached hydrogens (tertiary/aromatic N) is 1. The maximum Gasteiger partial charge on any atom is 0.142 e. The number of carbonyl (C=O) groups is 1. The highest BCUT2D eigenvalue weighted by atomic mass is 32.1. The van der Waals surface area contributed by atoms with Gasteiger partial charge in [0.15, 0.2) is 0 Å². The summed E-state index contributed by atoms with van der Waals surface area (Å²) in [4.78, 5) is 15.2. The first-order valence-corrected chi connectivity index (χ1v) is 5.60. The van der Waals surface area contributed by atoms with Gasteiger partial charge in [-0.15, -0.1) is 11.3 Å². The number of carboxylic acids is 1. The van der Waals surface area contributed by atoms with Crippen LogP contribution in [0.2, 0.25) is 0 Å². The van der Waals surface area contributed by atoms with Crippen LogP contribution in [0.3, 0.4) is 0 Å². The number of carboxylic acid groups (broad SMARTS) is 1. The summed E-state index contributed by atoms with van der Waals surface area (Å²) >= 11 is 1.50. The smallest absolute Gasteiger partial charge is 0.142 e. The number of hydrogen-bond acceptors (Lipinski definition) is 4. The normalized spacial score (nSPS) is 26.6. The van der Waals surface area contributed by atoms with Gasteiger partial charge in [-0.3, -0.25) is 0 Å². The summed E-state index contributed by atoms with van der Waals surface area (Å²) in [5, 5.41) is 14.9. The second kappa shape index (κ2) is 3.67. The highest BCUT2D eigenvalue weighted by Crippen LogP contribution is 2.18. The van der Waals surface area contributed by atoms with Gasteiger partial charge in [0.1, 0.15) is 11.5 Å². The third-order valence-corrected chi connectivity index (χ3v) is 3.38. The average Bonchev–Trinajstić information content (AvgIpc) is 2.76. The molecule has 0 spiro atoms. The molecule has 1 atom stereocenters. The first kappa shape index (κ1) is 9.61. The molecule has 2 N–H and O–H groups in total. The molecule has 0 saturated carbocycles. The van der Waals surface area contributed by atoms with Crippen molar-refractivity contribution in [2.24, 2.45) is 0 Å². The lowest BCUT2D eigenvalue weighted by molar-refractivity contribution is -0.700.